The number of ketones is 1. The molecule has 3 fully saturated rings. The fraction of sp³-hybridized carbons (Fsp3) is 0.667. The Morgan fingerprint density at radius 1 is 1.07 bits per heavy atom. The van der Waals surface area contributed by atoms with E-state index in [4.69, 9.17) is 28.4 Å². The highest BCUT2D eigenvalue weighted by molar-refractivity contribution is 7.13. The Hall–Kier alpha value is -4.59. The number of cyclic esters (lactones) is 1. The maximum atomic E-state index is 15.1. The summed E-state index contributed by atoms with van der Waals surface area (Å²) in [5, 5.41) is 14.9. The number of rotatable bonds is 16. The number of aromatic nitrogens is 4. The van der Waals surface area contributed by atoms with Gasteiger partial charge in [0.25, 0.3) is 0 Å². The van der Waals surface area contributed by atoms with Crippen LogP contribution in [0.25, 0.3) is 10.7 Å². The molecule has 6 rings (SSSR count). The van der Waals surface area contributed by atoms with Crippen LogP contribution in [0.15, 0.2) is 61.3 Å². The fourth-order valence-corrected chi connectivity index (χ4v) is 11.6. The Labute approximate surface area is 411 Å². The number of hydrogen-bond acceptors (Lipinski definition) is 16. The molecule has 1 unspecified atom stereocenters. The number of thiazole rings is 1. The molecule has 0 spiro atoms. The van der Waals surface area contributed by atoms with Gasteiger partial charge in [0.15, 0.2) is 11.4 Å². The number of ether oxygens (including phenoxy) is 6. The van der Waals surface area contributed by atoms with Crippen molar-refractivity contribution >= 4 is 35.2 Å². The predicted molar refractivity (Wildman–Crippen MR) is 259 cm³/mol. The first kappa shape index (κ1) is 53.8. The Morgan fingerprint density at radius 3 is 2.46 bits per heavy atom. The largest absolute Gasteiger partial charge is 0.461 e. The number of aliphatic hydroxyl groups excluding tert-OH is 1. The molecule has 0 aliphatic carbocycles. The van der Waals surface area contributed by atoms with Crippen LogP contribution >= 0.6 is 11.3 Å². The number of aliphatic hydroxyl groups is 1. The summed E-state index contributed by atoms with van der Waals surface area (Å²) in [6, 6.07) is 2.26. The second kappa shape index (κ2) is 22.7. The van der Waals surface area contributed by atoms with Crippen molar-refractivity contribution in [3.63, 3.8) is 0 Å². The number of fused-ring (bicyclic) bond motifs is 1. The van der Waals surface area contributed by atoms with Crippen LogP contribution in [0.1, 0.15) is 100.0 Å². The van der Waals surface area contributed by atoms with E-state index in [1.165, 1.54) is 18.4 Å². The van der Waals surface area contributed by atoms with Crippen molar-refractivity contribution in [3.8, 4) is 10.7 Å². The molecular weight excluding hydrogens is 905 g/mol. The lowest BCUT2D eigenvalue weighted by molar-refractivity contribution is -0.358. The first-order valence-corrected chi connectivity index (χ1v) is 25.2. The smallest absolute Gasteiger partial charge is 0.410 e. The lowest BCUT2D eigenvalue weighted by atomic mass is 9.73. The molecule has 17 nitrogen and oxygen atoms in total. The van der Waals surface area contributed by atoms with Crippen LogP contribution in [-0.4, -0.2) is 145 Å². The number of aryl methyl sites for hydroxylation is 1. The van der Waals surface area contributed by atoms with Gasteiger partial charge in [-0.15, -0.1) is 17.9 Å². The lowest BCUT2D eigenvalue weighted by Crippen LogP contribution is -2.65. The number of amides is 1. The first-order chi connectivity index (χ1) is 32.7. The van der Waals surface area contributed by atoms with E-state index in [-0.39, 0.29) is 37.7 Å². The molecule has 3 aliphatic rings. The van der Waals surface area contributed by atoms with Gasteiger partial charge < -0.3 is 43.0 Å². The van der Waals surface area contributed by atoms with Crippen LogP contribution in [0, 0.1) is 23.7 Å². The molecular formula is C51H74N6O11S. The average molecular weight is 979 g/mol. The van der Waals surface area contributed by atoms with E-state index in [1.54, 1.807) is 82.6 Å². The van der Waals surface area contributed by atoms with Gasteiger partial charge in [-0.25, -0.2) is 14.8 Å². The number of methoxy groups -OCH3 is 1. The van der Waals surface area contributed by atoms with Gasteiger partial charge in [0.2, 0.25) is 0 Å². The molecule has 3 aromatic rings. The molecule has 1 amide bonds. The summed E-state index contributed by atoms with van der Waals surface area (Å²) in [7, 11) is 3.42. The van der Waals surface area contributed by atoms with E-state index >= 15 is 4.79 Å². The standard InChI is InChI=1S/C51H74N6O11S/c1-13-21-55(11)38-25-32(4)66-51(10,44(38)60)67-45-34(6)42(65-40(58)26-36-18-17-19-52-28-36)35(7)47(61)64-39(14-2)50(9)43(33(5)41(59)31(3)27-49(45,8)63-12)57(48(62)68-50)23-16-15-22-56-29-37(54-30-56)46-53-20-24-69-46/h13,17-20,24,28-35,38-39,42-45,60H,1,14-16,21-23,25-27H2,2-12H3/t31-,32-,33+,34+,35-,38+,39-,42?,43-,44-,45-,49-,50-,51+/m1/s1. The number of carbonyl (C=O) groups excluding carboxylic acids is 4. The molecule has 3 aliphatic heterocycles. The van der Waals surface area contributed by atoms with Crippen molar-refractivity contribution < 1.29 is 52.7 Å². The highest BCUT2D eigenvalue weighted by Crippen LogP contribution is 2.45. The number of Topliss-reactive ketones (excluding diaryl/α,β-unsaturated/α-hetero) is 1. The molecule has 1 N–H and O–H groups in total. The molecule has 380 valence electrons. The van der Waals surface area contributed by atoms with Crippen molar-refractivity contribution in [3.05, 3.63) is 66.8 Å². The molecule has 3 saturated heterocycles. The number of nitrogens with zero attached hydrogens (tertiary/aromatic N) is 6. The van der Waals surface area contributed by atoms with E-state index in [9.17, 15) is 19.5 Å². The zero-order valence-corrected chi connectivity index (χ0v) is 43.1. The van der Waals surface area contributed by atoms with Crippen molar-refractivity contribution in [2.24, 2.45) is 23.7 Å². The summed E-state index contributed by atoms with van der Waals surface area (Å²) < 4.78 is 41.2. The number of esters is 2. The molecule has 3 aromatic heterocycles. The van der Waals surface area contributed by atoms with Gasteiger partial charge in [0, 0.05) is 80.7 Å². The third kappa shape index (κ3) is 11.8. The second-order valence-corrected chi connectivity index (χ2v) is 20.9. The molecule has 6 heterocycles. The Bertz CT molecular complexity index is 2210. The number of imidazole rings is 1. The first-order valence-electron chi connectivity index (χ1n) is 24.3. The van der Waals surface area contributed by atoms with Gasteiger partial charge in [-0.3, -0.25) is 24.3 Å². The maximum absolute atomic E-state index is 15.1. The van der Waals surface area contributed by atoms with Gasteiger partial charge in [0.05, 0.1) is 42.5 Å². The van der Waals surface area contributed by atoms with Crippen LogP contribution in [0.3, 0.4) is 0 Å². The van der Waals surface area contributed by atoms with Gasteiger partial charge in [-0.05, 0) is 85.4 Å². The molecule has 18 heteroatoms. The summed E-state index contributed by atoms with van der Waals surface area (Å²) in [4.78, 5) is 74.7. The molecule has 14 atom stereocenters. The van der Waals surface area contributed by atoms with E-state index < -0.39 is 95.2 Å². The zero-order valence-electron chi connectivity index (χ0n) is 42.2. The van der Waals surface area contributed by atoms with Crippen LogP contribution in [0.5, 0.6) is 0 Å². The molecule has 69 heavy (non-hydrogen) atoms. The number of hydrogen-bond donors (Lipinski definition) is 1. The SMILES string of the molecule is C=CCN(C)[C@H]1C[C@@H](C)O[C@@](C)(O[C@@H]2[C@@H](C)C(OC(=O)Cc3cccnc3)[C@@H](C)C(=O)O[C@H](CC)[C@@]3(C)OC(=O)N(CCCCn4cnc(-c5nccs5)c4)[C@@H]3[C@@H](C)C(=O)[C@H](C)C[C@@]2(C)OC)[C@@H]1O. The van der Waals surface area contributed by atoms with Crippen LogP contribution < -0.4 is 0 Å². The molecule has 0 aromatic carbocycles. The second-order valence-electron chi connectivity index (χ2n) is 20.0. The van der Waals surface area contributed by atoms with E-state index in [1.807, 2.05) is 55.8 Å². The van der Waals surface area contributed by atoms with Crippen molar-refractivity contribution in [1.29, 1.82) is 0 Å². The zero-order chi connectivity index (χ0) is 50.4. The summed E-state index contributed by atoms with van der Waals surface area (Å²) in [6.45, 7) is 21.4. The van der Waals surface area contributed by atoms with Crippen molar-refractivity contribution in [2.75, 3.05) is 27.2 Å². The van der Waals surface area contributed by atoms with E-state index in [0.717, 1.165) is 10.7 Å². The number of pyridine rings is 1. The molecule has 0 radical (unpaired) electrons. The van der Waals surface area contributed by atoms with Crippen LogP contribution in [-0.2, 0) is 55.8 Å². The normalized spacial score (nSPS) is 34.7. The summed E-state index contributed by atoms with van der Waals surface area (Å²) in [6.07, 6.45) is 6.97. The third-order valence-electron chi connectivity index (χ3n) is 14.7. The van der Waals surface area contributed by atoms with Crippen LogP contribution in [0.4, 0.5) is 4.79 Å². The van der Waals surface area contributed by atoms with Gasteiger partial charge in [-0.2, -0.15) is 0 Å². The third-order valence-corrected chi connectivity index (χ3v) is 15.5. The summed E-state index contributed by atoms with van der Waals surface area (Å²) in [5.41, 5.74) is -1.39. The van der Waals surface area contributed by atoms with Crippen LogP contribution in [0.2, 0.25) is 0 Å². The van der Waals surface area contributed by atoms with Gasteiger partial charge >= 0.3 is 18.0 Å². The summed E-state index contributed by atoms with van der Waals surface area (Å²) >= 11 is 1.51. The highest BCUT2D eigenvalue weighted by Gasteiger charge is 2.61. The highest BCUT2D eigenvalue weighted by atomic mass is 32.1. The topological polar surface area (TPSA) is 194 Å². The molecule has 0 saturated carbocycles. The Balaban J connectivity index is 1.37. The number of carbonyl (C=O) groups is 4. The van der Waals surface area contributed by atoms with E-state index in [2.05, 4.69) is 21.5 Å². The lowest BCUT2D eigenvalue weighted by Gasteiger charge is -2.52. The predicted octanol–water partition coefficient (Wildman–Crippen LogP) is 6.92. The maximum Gasteiger partial charge on any atom is 0.410 e. The van der Waals surface area contributed by atoms with E-state index in [0.29, 0.717) is 37.9 Å². The minimum Gasteiger partial charge on any atom is -0.461 e. The van der Waals surface area contributed by atoms with Crippen molar-refractivity contribution in [2.45, 2.75) is 167 Å². The molecule has 0 bridgehead atoms. The minimum absolute atomic E-state index is 0.0989. The quantitative estimate of drug-likeness (QED) is 0.0673. The average Bonchev–Trinajstić information content (AvgIpc) is 4.08. The monoisotopic (exact) mass is 979 g/mol. The number of unbranched alkanes of at least 4 members (excludes halogenated alkanes) is 1. The van der Waals surface area contributed by atoms with Crippen molar-refractivity contribution in [1.82, 2.24) is 29.3 Å². The summed E-state index contributed by atoms with van der Waals surface area (Å²) in [5.74, 6) is -6.58. The minimum atomic E-state index is -1.64. The van der Waals surface area contributed by atoms with Gasteiger partial charge in [-0.1, -0.05) is 39.8 Å². The number of likely N-dealkylation sites (N-methyl/N-ethyl adjacent to an activating group) is 1. The fourth-order valence-electron chi connectivity index (χ4n) is 11.1. The van der Waals surface area contributed by atoms with Gasteiger partial charge in [0.1, 0.15) is 34.8 Å². The Morgan fingerprint density at radius 2 is 1.81 bits per heavy atom. The Kier molecular flexibility index (Phi) is 17.7.